The fraction of sp³-hybridized carbons (Fsp3) is 0.478. The van der Waals surface area contributed by atoms with E-state index in [9.17, 15) is 13.9 Å². The highest BCUT2D eigenvalue weighted by atomic mass is 19.3. The molecule has 1 saturated carbocycles. The number of aliphatic hydroxyl groups is 1. The number of aromatic nitrogens is 6. The minimum Gasteiger partial charge on any atom is -0.390 e. The number of nitrogens with one attached hydrogen (secondary N) is 2. The summed E-state index contributed by atoms with van der Waals surface area (Å²) < 4.78 is 29.5. The molecule has 1 fully saturated rings. The lowest BCUT2D eigenvalue weighted by Crippen LogP contribution is -2.36. The van der Waals surface area contributed by atoms with E-state index in [2.05, 4.69) is 30.7 Å². The van der Waals surface area contributed by atoms with Crippen LogP contribution in [0.2, 0.25) is 0 Å². The highest BCUT2D eigenvalue weighted by molar-refractivity contribution is 5.91. The summed E-state index contributed by atoms with van der Waals surface area (Å²) in [6.07, 6.45) is 4.20. The van der Waals surface area contributed by atoms with Crippen molar-refractivity contribution < 1.29 is 13.9 Å². The van der Waals surface area contributed by atoms with Crippen LogP contribution in [0, 0.1) is 6.92 Å². The average Bonchev–Trinajstić information content (AvgIpc) is 3.35. The molecule has 0 unspecified atom stereocenters. The molecule has 4 aromatic rings. The summed E-state index contributed by atoms with van der Waals surface area (Å²) in [5, 5.41) is 21.4. The van der Waals surface area contributed by atoms with Gasteiger partial charge in [0.05, 0.1) is 17.7 Å². The Morgan fingerprint density at radius 2 is 2.03 bits per heavy atom. The molecule has 9 nitrogen and oxygen atoms in total. The standard InChI is InChI=1S/C23H28F2N8O/c1-13-28-20-17(32(13)12-18(24)25)10-14(11-27-20)16-6-9-33-19(16)21(26-3)30-22(31-33)29-15-4-7-23(2,34)8-5-15/h6,9-11,15,18,34H,4-5,7-8,12H2,1-3H3,(H2,26,29,30,31). The van der Waals surface area contributed by atoms with E-state index in [0.29, 0.717) is 28.8 Å². The Balaban J connectivity index is 1.51. The van der Waals surface area contributed by atoms with Crippen LogP contribution in [0.15, 0.2) is 24.5 Å². The highest BCUT2D eigenvalue weighted by Gasteiger charge is 2.29. The summed E-state index contributed by atoms with van der Waals surface area (Å²) in [6.45, 7) is 3.15. The molecule has 3 N–H and O–H groups in total. The molecule has 0 saturated heterocycles. The topological polar surface area (TPSA) is 105 Å². The number of alkyl halides is 2. The molecular weight excluding hydrogens is 442 g/mol. The van der Waals surface area contributed by atoms with E-state index in [1.807, 2.05) is 25.3 Å². The number of pyridine rings is 1. The van der Waals surface area contributed by atoms with Crippen LogP contribution in [0.25, 0.3) is 27.8 Å². The van der Waals surface area contributed by atoms with E-state index in [1.165, 1.54) is 4.57 Å². The zero-order valence-corrected chi connectivity index (χ0v) is 19.4. The van der Waals surface area contributed by atoms with Crippen molar-refractivity contribution in [3.8, 4) is 11.1 Å². The maximum atomic E-state index is 13.1. The molecule has 11 heteroatoms. The van der Waals surface area contributed by atoms with Crippen molar-refractivity contribution in [1.29, 1.82) is 0 Å². The minimum absolute atomic E-state index is 0.197. The lowest BCUT2D eigenvalue weighted by molar-refractivity contribution is 0.0195. The van der Waals surface area contributed by atoms with Gasteiger partial charge >= 0.3 is 0 Å². The predicted octanol–water partition coefficient (Wildman–Crippen LogP) is 3.86. The molecule has 5 rings (SSSR count). The fourth-order valence-corrected chi connectivity index (χ4v) is 4.69. The first kappa shape index (κ1) is 22.5. The van der Waals surface area contributed by atoms with E-state index >= 15 is 0 Å². The second-order valence-corrected chi connectivity index (χ2v) is 9.20. The smallest absolute Gasteiger partial charge is 0.256 e. The Bertz CT molecular complexity index is 1340. The Kier molecular flexibility index (Phi) is 5.59. The molecule has 180 valence electrons. The largest absolute Gasteiger partial charge is 0.390 e. The molecule has 0 aliphatic heterocycles. The van der Waals surface area contributed by atoms with Crippen molar-refractivity contribution in [3.63, 3.8) is 0 Å². The lowest BCUT2D eigenvalue weighted by atomic mass is 9.84. The summed E-state index contributed by atoms with van der Waals surface area (Å²) in [5.74, 6) is 1.64. The number of aryl methyl sites for hydroxylation is 1. The van der Waals surface area contributed by atoms with Crippen molar-refractivity contribution in [2.45, 2.75) is 64.1 Å². The van der Waals surface area contributed by atoms with Crippen molar-refractivity contribution in [2.75, 3.05) is 17.7 Å². The summed E-state index contributed by atoms with van der Waals surface area (Å²) in [6, 6.07) is 3.94. The molecule has 0 bridgehead atoms. The van der Waals surface area contributed by atoms with Gasteiger partial charge in [-0.3, -0.25) is 0 Å². The number of hydrogen-bond donors (Lipinski definition) is 3. The SMILES string of the molecule is CNc1nc(NC2CCC(C)(O)CC2)nn2ccc(-c3cnc4nc(C)n(CC(F)F)c4c3)c12. The number of anilines is 2. The number of hydrogen-bond acceptors (Lipinski definition) is 7. The van der Waals surface area contributed by atoms with Crippen LogP contribution in [-0.4, -0.2) is 59.4 Å². The van der Waals surface area contributed by atoms with Gasteiger partial charge in [0.2, 0.25) is 5.95 Å². The van der Waals surface area contributed by atoms with E-state index in [4.69, 9.17) is 0 Å². The maximum absolute atomic E-state index is 13.1. The van der Waals surface area contributed by atoms with Crippen molar-refractivity contribution in [2.24, 2.45) is 0 Å². The Hall–Kier alpha value is -3.34. The molecule has 34 heavy (non-hydrogen) atoms. The first-order valence-electron chi connectivity index (χ1n) is 11.4. The molecular formula is C23H28F2N8O. The fourth-order valence-electron chi connectivity index (χ4n) is 4.69. The molecule has 0 amide bonds. The van der Waals surface area contributed by atoms with Crippen LogP contribution in [0.1, 0.15) is 38.4 Å². The third kappa shape index (κ3) is 4.15. The third-order valence-corrected chi connectivity index (χ3v) is 6.57. The Labute approximate surface area is 195 Å². The number of fused-ring (bicyclic) bond motifs is 2. The van der Waals surface area contributed by atoms with Gasteiger partial charge in [-0.25, -0.2) is 23.3 Å². The number of rotatable bonds is 6. The van der Waals surface area contributed by atoms with Gasteiger partial charge in [0.15, 0.2) is 11.5 Å². The molecule has 0 radical (unpaired) electrons. The normalized spacial score (nSPS) is 21.0. The zero-order chi connectivity index (χ0) is 24.0. The summed E-state index contributed by atoms with van der Waals surface area (Å²) in [7, 11) is 1.79. The monoisotopic (exact) mass is 470 g/mol. The zero-order valence-electron chi connectivity index (χ0n) is 19.4. The van der Waals surface area contributed by atoms with Crippen LogP contribution in [0.4, 0.5) is 20.5 Å². The molecule has 4 heterocycles. The second kappa shape index (κ2) is 8.46. The summed E-state index contributed by atoms with van der Waals surface area (Å²) in [4.78, 5) is 13.4. The summed E-state index contributed by atoms with van der Waals surface area (Å²) in [5.41, 5.74) is 2.76. The molecule has 0 atom stereocenters. The van der Waals surface area contributed by atoms with Gasteiger partial charge < -0.3 is 20.3 Å². The Morgan fingerprint density at radius 1 is 1.26 bits per heavy atom. The highest BCUT2D eigenvalue weighted by Crippen LogP contribution is 2.33. The average molecular weight is 471 g/mol. The van der Waals surface area contributed by atoms with Gasteiger partial charge in [0, 0.05) is 36.6 Å². The van der Waals surface area contributed by atoms with Gasteiger partial charge in [-0.2, -0.15) is 4.98 Å². The van der Waals surface area contributed by atoms with Crippen LogP contribution in [0.5, 0.6) is 0 Å². The van der Waals surface area contributed by atoms with Gasteiger partial charge in [-0.15, -0.1) is 5.10 Å². The van der Waals surface area contributed by atoms with E-state index < -0.39 is 18.6 Å². The summed E-state index contributed by atoms with van der Waals surface area (Å²) >= 11 is 0. The first-order chi connectivity index (χ1) is 16.2. The predicted molar refractivity (Wildman–Crippen MR) is 126 cm³/mol. The van der Waals surface area contributed by atoms with E-state index in [-0.39, 0.29) is 6.04 Å². The Morgan fingerprint density at radius 3 is 2.74 bits per heavy atom. The molecule has 0 spiro atoms. The van der Waals surface area contributed by atoms with Crippen molar-refractivity contribution >= 4 is 28.4 Å². The number of nitrogens with zero attached hydrogens (tertiary/aromatic N) is 6. The second-order valence-electron chi connectivity index (χ2n) is 9.20. The maximum Gasteiger partial charge on any atom is 0.256 e. The van der Waals surface area contributed by atoms with Crippen LogP contribution in [0.3, 0.4) is 0 Å². The minimum atomic E-state index is -2.49. The van der Waals surface area contributed by atoms with Crippen LogP contribution >= 0.6 is 0 Å². The van der Waals surface area contributed by atoms with Crippen molar-refractivity contribution in [1.82, 2.24) is 29.1 Å². The van der Waals surface area contributed by atoms with Crippen LogP contribution in [-0.2, 0) is 6.54 Å². The van der Waals surface area contributed by atoms with E-state index in [1.54, 1.807) is 24.7 Å². The number of halogens is 2. The molecule has 4 aromatic heterocycles. The third-order valence-electron chi connectivity index (χ3n) is 6.57. The van der Waals surface area contributed by atoms with Crippen LogP contribution < -0.4 is 10.6 Å². The lowest BCUT2D eigenvalue weighted by Gasteiger charge is -2.33. The molecule has 1 aliphatic rings. The van der Waals surface area contributed by atoms with E-state index in [0.717, 1.165) is 42.3 Å². The number of imidazole rings is 1. The molecule has 1 aliphatic carbocycles. The molecule has 0 aromatic carbocycles. The first-order valence-corrected chi connectivity index (χ1v) is 11.4. The van der Waals surface area contributed by atoms with Gasteiger partial charge in [-0.1, -0.05) is 0 Å². The van der Waals surface area contributed by atoms with Gasteiger partial charge in [0.25, 0.3) is 6.43 Å². The van der Waals surface area contributed by atoms with Gasteiger partial charge in [0.1, 0.15) is 11.3 Å². The van der Waals surface area contributed by atoms with Gasteiger partial charge in [-0.05, 0) is 51.7 Å². The quantitative estimate of drug-likeness (QED) is 0.393. The van der Waals surface area contributed by atoms with Crippen molar-refractivity contribution in [3.05, 3.63) is 30.4 Å².